The van der Waals surface area contributed by atoms with E-state index in [-0.39, 0.29) is 5.91 Å². The van der Waals surface area contributed by atoms with Gasteiger partial charge in [-0.1, -0.05) is 0 Å². The number of nitrogens with zero attached hydrogens (tertiary/aromatic N) is 1. The minimum Gasteiger partial charge on any atom is -0.388 e. The summed E-state index contributed by atoms with van der Waals surface area (Å²) in [6.07, 6.45) is 6.67. The lowest BCUT2D eigenvalue weighted by atomic mass is 9.92. The number of amides is 1. The molecule has 20 heavy (non-hydrogen) atoms. The molecule has 2 heterocycles. The Labute approximate surface area is 118 Å². The second kappa shape index (κ2) is 5.58. The van der Waals surface area contributed by atoms with Gasteiger partial charge < -0.3 is 19.7 Å². The van der Waals surface area contributed by atoms with Crippen molar-refractivity contribution in [3.63, 3.8) is 0 Å². The Morgan fingerprint density at radius 3 is 2.85 bits per heavy atom. The van der Waals surface area contributed by atoms with Crippen molar-refractivity contribution in [3.8, 4) is 0 Å². The average molecular weight is 278 g/mol. The van der Waals surface area contributed by atoms with Crippen LogP contribution in [0.3, 0.4) is 0 Å². The van der Waals surface area contributed by atoms with Gasteiger partial charge in [0.25, 0.3) is 5.91 Å². The van der Waals surface area contributed by atoms with E-state index in [9.17, 15) is 9.90 Å². The molecule has 1 amide bonds. The number of rotatable bonds is 4. The molecule has 1 aliphatic carbocycles. The largest absolute Gasteiger partial charge is 0.388 e. The van der Waals surface area contributed by atoms with E-state index in [2.05, 4.69) is 9.88 Å². The molecule has 0 bridgehead atoms. The van der Waals surface area contributed by atoms with Crippen LogP contribution in [0.25, 0.3) is 0 Å². The summed E-state index contributed by atoms with van der Waals surface area (Å²) in [5.74, 6) is -0.0955. The lowest BCUT2D eigenvalue weighted by Crippen LogP contribution is -2.47. The van der Waals surface area contributed by atoms with E-state index < -0.39 is 5.60 Å². The van der Waals surface area contributed by atoms with Crippen LogP contribution in [0.2, 0.25) is 0 Å². The van der Waals surface area contributed by atoms with E-state index in [1.54, 1.807) is 0 Å². The van der Waals surface area contributed by atoms with Crippen molar-refractivity contribution in [2.24, 2.45) is 0 Å². The van der Waals surface area contributed by atoms with Gasteiger partial charge in [-0.2, -0.15) is 0 Å². The predicted molar refractivity (Wildman–Crippen MR) is 74.7 cm³/mol. The molecule has 0 unspecified atom stereocenters. The van der Waals surface area contributed by atoms with Crippen LogP contribution in [0, 0.1) is 0 Å². The highest BCUT2D eigenvalue weighted by Gasteiger charge is 2.31. The SMILES string of the molecule is O=C(NCC1(O)CCOCC1)c1cccn1C1CCC1. The molecule has 1 saturated carbocycles. The Hall–Kier alpha value is -1.33. The van der Waals surface area contributed by atoms with E-state index in [1.807, 2.05) is 18.3 Å². The number of aromatic nitrogens is 1. The van der Waals surface area contributed by atoms with Crippen LogP contribution >= 0.6 is 0 Å². The molecule has 3 rings (SSSR count). The highest BCUT2D eigenvalue weighted by atomic mass is 16.5. The number of aliphatic hydroxyl groups is 1. The normalized spacial score (nSPS) is 22.2. The first-order valence-corrected chi connectivity index (χ1v) is 7.43. The van der Waals surface area contributed by atoms with Gasteiger partial charge in [-0.25, -0.2) is 0 Å². The third-order valence-electron chi connectivity index (χ3n) is 4.48. The van der Waals surface area contributed by atoms with Gasteiger partial charge in [0.1, 0.15) is 5.69 Å². The second-order valence-electron chi connectivity index (χ2n) is 5.90. The molecule has 2 fully saturated rings. The zero-order valence-corrected chi connectivity index (χ0v) is 11.7. The first kappa shape index (κ1) is 13.6. The molecule has 1 saturated heterocycles. The van der Waals surface area contributed by atoms with Crippen molar-refractivity contribution >= 4 is 5.91 Å². The molecule has 0 atom stereocenters. The first-order valence-electron chi connectivity index (χ1n) is 7.43. The Morgan fingerprint density at radius 2 is 2.20 bits per heavy atom. The zero-order chi connectivity index (χ0) is 14.0. The molecular formula is C15H22N2O3. The minimum atomic E-state index is -0.818. The van der Waals surface area contributed by atoms with Crippen LogP contribution in [-0.2, 0) is 4.74 Å². The van der Waals surface area contributed by atoms with Crippen molar-refractivity contribution in [1.82, 2.24) is 9.88 Å². The van der Waals surface area contributed by atoms with Crippen LogP contribution < -0.4 is 5.32 Å². The minimum absolute atomic E-state index is 0.0955. The lowest BCUT2D eigenvalue weighted by molar-refractivity contribution is -0.0605. The molecule has 110 valence electrons. The highest BCUT2D eigenvalue weighted by Crippen LogP contribution is 2.32. The summed E-state index contributed by atoms with van der Waals surface area (Å²) < 4.78 is 7.30. The monoisotopic (exact) mass is 278 g/mol. The number of carbonyl (C=O) groups excluding carboxylic acids is 1. The summed E-state index contributed by atoms with van der Waals surface area (Å²) in [5, 5.41) is 13.2. The topological polar surface area (TPSA) is 63.5 Å². The fourth-order valence-corrected chi connectivity index (χ4v) is 2.83. The fraction of sp³-hybridized carbons (Fsp3) is 0.667. The number of ether oxygens (including phenoxy) is 1. The molecular weight excluding hydrogens is 256 g/mol. The van der Waals surface area contributed by atoms with Gasteiger partial charge >= 0.3 is 0 Å². The van der Waals surface area contributed by atoms with Gasteiger partial charge in [-0.15, -0.1) is 0 Å². The molecule has 5 heteroatoms. The Balaban J connectivity index is 1.60. The molecule has 1 aromatic heterocycles. The van der Waals surface area contributed by atoms with E-state index in [0.29, 0.717) is 44.3 Å². The van der Waals surface area contributed by atoms with Gasteiger partial charge in [-0.05, 0) is 31.4 Å². The maximum Gasteiger partial charge on any atom is 0.268 e. The van der Waals surface area contributed by atoms with Crippen LogP contribution in [0.4, 0.5) is 0 Å². The van der Waals surface area contributed by atoms with Crippen LogP contribution in [0.15, 0.2) is 18.3 Å². The van der Waals surface area contributed by atoms with E-state index >= 15 is 0 Å². The van der Waals surface area contributed by atoms with Crippen LogP contribution in [0.1, 0.15) is 48.6 Å². The number of hydrogen-bond acceptors (Lipinski definition) is 3. The van der Waals surface area contributed by atoms with E-state index in [1.165, 1.54) is 6.42 Å². The Morgan fingerprint density at radius 1 is 1.45 bits per heavy atom. The van der Waals surface area contributed by atoms with Gasteiger partial charge in [0.2, 0.25) is 0 Å². The molecule has 1 aliphatic heterocycles. The third kappa shape index (κ3) is 2.74. The van der Waals surface area contributed by atoms with Gasteiger partial charge in [0.05, 0.1) is 5.60 Å². The Bertz CT molecular complexity index is 473. The molecule has 0 spiro atoms. The van der Waals surface area contributed by atoms with Crippen molar-refractivity contribution in [3.05, 3.63) is 24.0 Å². The molecule has 0 aromatic carbocycles. The maximum atomic E-state index is 12.3. The molecule has 2 N–H and O–H groups in total. The quantitative estimate of drug-likeness (QED) is 0.877. The number of carbonyl (C=O) groups is 1. The lowest BCUT2D eigenvalue weighted by Gasteiger charge is -2.32. The van der Waals surface area contributed by atoms with E-state index in [0.717, 1.165) is 12.8 Å². The summed E-state index contributed by atoms with van der Waals surface area (Å²) >= 11 is 0. The van der Waals surface area contributed by atoms with Crippen molar-refractivity contribution in [2.75, 3.05) is 19.8 Å². The zero-order valence-electron chi connectivity index (χ0n) is 11.7. The maximum absolute atomic E-state index is 12.3. The summed E-state index contributed by atoms with van der Waals surface area (Å²) in [4.78, 5) is 12.3. The van der Waals surface area contributed by atoms with Crippen molar-refractivity contribution < 1.29 is 14.6 Å². The molecule has 1 aromatic rings. The number of hydrogen-bond donors (Lipinski definition) is 2. The van der Waals surface area contributed by atoms with Gasteiger partial charge in [-0.3, -0.25) is 4.79 Å². The molecule has 2 aliphatic rings. The number of nitrogens with one attached hydrogen (secondary N) is 1. The van der Waals surface area contributed by atoms with Crippen molar-refractivity contribution in [1.29, 1.82) is 0 Å². The van der Waals surface area contributed by atoms with Gasteiger partial charge in [0, 0.05) is 44.8 Å². The van der Waals surface area contributed by atoms with Crippen LogP contribution in [0.5, 0.6) is 0 Å². The average Bonchev–Trinajstić information content (AvgIpc) is 2.84. The van der Waals surface area contributed by atoms with Gasteiger partial charge in [0.15, 0.2) is 0 Å². The Kier molecular flexibility index (Phi) is 3.81. The highest BCUT2D eigenvalue weighted by molar-refractivity contribution is 5.92. The molecule has 0 radical (unpaired) electrons. The first-order chi connectivity index (χ1) is 9.68. The second-order valence-corrected chi connectivity index (χ2v) is 5.90. The molecule has 5 nitrogen and oxygen atoms in total. The summed E-state index contributed by atoms with van der Waals surface area (Å²) in [6.45, 7) is 1.42. The smallest absolute Gasteiger partial charge is 0.268 e. The van der Waals surface area contributed by atoms with Crippen molar-refractivity contribution in [2.45, 2.75) is 43.7 Å². The standard InChI is InChI=1S/C15H22N2O3/c18-14(16-11-15(19)6-9-20-10-7-15)13-5-2-8-17(13)12-3-1-4-12/h2,5,8,12,19H,1,3-4,6-7,9-11H2,(H,16,18). The van der Waals surface area contributed by atoms with Crippen LogP contribution in [-0.4, -0.2) is 40.9 Å². The third-order valence-corrected chi connectivity index (χ3v) is 4.48. The fourth-order valence-electron chi connectivity index (χ4n) is 2.83. The summed E-state index contributed by atoms with van der Waals surface area (Å²) in [7, 11) is 0. The predicted octanol–water partition coefficient (Wildman–Crippen LogP) is 1.48. The summed E-state index contributed by atoms with van der Waals surface area (Å²) in [6, 6.07) is 4.23. The summed E-state index contributed by atoms with van der Waals surface area (Å²) in [5.41, 5.74) is -0.118. The van der Waals surface area contributed by atoms with E-state index in [4.69, 9.17) is 4.74 Å².